The van der Waals surface area contributed by atoms with E-state index in [0.29, 0.717) is 0 Å². The van der Waals surface area contributed by atoms with E-state index in [0.717, 1.165) is 23.7 Å². The molecule has 1 aromatic rings. The second kappa shape index (κ2) is 5.54. The summed E-state index contributed by atoms with van der Waals surface area (Å²) in [7, 11) is 0. The maximum atomic E-state index is 11.2. The largest absolute Gasteiger partial charge is 0.353 e. The average Bonchev–Trinajstić information content (AvgIpc) is 2.58. The molecule has 0 unspecified atom stereocenters. The van der Waals surface area contributed by atoms with E-state index in [1.54, 1.807) is 17.4 Å². The fourth-order valence-electron chi connectivity index (χ4n) is 0.925. The Balaban J connectivity index is 2.43. The van der Waals surface area contributed by atoms with E-state index < -0.39 is 0 Å². The minimum absolute atomic E-state index is 0.0579. The van der Waals surface area contributed by atoms with Crippen molar-refractivity contribution in [2.45, 2.75) is 20.3 Å². The van der Waals surface area contributed by atoms with Crippen LogP contribution in [0.2, 0.25) is 0 Å². The van der Waals surface area contributed by atoms with Crippen molar-refractivity contribution in [1.82, 2.24) is 10.3 Å². The number of aromatic nitrogens is 1. The van der Waals surface area contributed by atoms with Crippen LogP contribution in [0.15, 0.2) is 11.5 Å². The average molecular weight is 210 g/mol. The predicted molar refractivity (Wildman–Crippen MR) is 59.2 cm³/mol. The van der Waals surface area contributed by atoms with Crippen molar-refractivity contribution in [3.63, 3.8) is 0 Å². The molecule has 1 rings (SSSR count). The van der Waals surface area contributed by atoms with Crippen LogP contribution in [-0.4, -0.2) is 17.4 Å². The molecule has 3 nitrogen and oxygen atoms in total. The molecule has 0 aliphatic carbocycles. The zero-order valence-electron chi connectivity index (χ0n) is 8.41. The first-order valence-electron chi connectivity index (χ1n) is 4.60. The third kappa shape index (κ3) is 3.70. The van der Waals surface area contributed by atoms with Gasteiger partial charge in [0.15, 0.2) is 0 Å². The summed E-state index contributed by atoms with van der Waals surface area (Å²) in [6.45, 7) is 4.69. The summed E-state index contributed by atoms with van der Waals surface area (Å²) in [6, 6.07) is 0. The van der Waals surface area contributed by atoms with Gasteiger partial charge < -0.3 is 5.32 Å². The second-order valence-electron chi connectivity index (χ2n) is 2.92. The van der Waals surface area contributed by atoms with Crippen LogP contribution < -0.4 is 5.32 Å². The molecule has 1 N–H and O–H groups in total. The van der Waals surface area contributed by atoms with Gasteiger partial charge in [-0.15, -0.1) is 11.3 Å². The molecule has 0 bridgehead atoms. The van der Waals surface area contributed by atoms with Crippen molar-refractivity contribution < 1.29 is 4.79 Å². The van der Waals surface area contributed by atoms with Crippen LogP contribution in [0.5, 0.6) is 0 Å². The predicted octanol–water partition coefficient (Wildman–Crippen LogP) is 1.99. The van der Waals surface area contributed by atoms with E-state index in [-0.39, 0.29) is 5.91 Å². The zero-order chi connectivity index (χ0) is 10.4. The van der Waals surface area contributed by atoms with Crippen LogP contribution in [0, 0.1) is 6.92 Å². The number of carbonyl (C=O) groups is 1. The normalized spacial score (nSPS) is 10.7. The molecule has 0 aliphatic heterocycles. The molecule has 0 fully saturated rings. The molecule has 4 heteroatoms. The third-order valence-corrected chi connectivity index (χ3v) is 2.38. The highest BCUT2D eigenvalue weighted by Gasteiger charge is 1.95. The van der Waals surface area contributed by atoms with Gasteiger partial charge in [0, 0.05) is 18.0 Å². The first kappa shape index (κ1) is 10.9. The fraction of sp³-hybridized carbons (Fsp3) is 0.400. The molecule has 1 heterocycles. The molecule has 0 aliphatic rings. The Morgan fingerprint density at radius 2 is 2.50 bits per heavy atom. The van der Waals surface area contributed by atoms with Crippen LogP contribution in [0.4, 0.5) is 0 Å². The summed E-state index contributed by atoms with van der Waals surface area (Å²) in [6.07, 6.45) is 4.20. The van der Waals surface area contributed by atoms with E-state index in [4.69, 9.17) is 0 Å². The highest BCUT2D eigenvalue weighted by atomic mass is 32.1. The summed E-state index contributed by atoms with van der Waals surface area (Å²) in [5.41, 5.74) is 0.846. The zero-order valence-corrected chi connectivity index (χ0v) is 9.23. The second-order valence-corrected chi connectivity index (χ2v) is 3.98. The van der Waals surface area contributed by atoms with Gasteiger partial charge in [-0.1, -0.05) is 6.92 Å². The van der Waals surface area contributed by atoms with Crippen LogP contribution in [0.1, 0.15) is 24.0 Å². The van der Waals surface area contributed by atoms with Gasteiger partial charge >= 0.3 is 0 Å². The Morgan fingerprint density at radius 3 is 3.07 bits per heavy atom. The maximum Gasteiger partial charge on any atom is 0.244 e. The van der Waals surface area contributed by atoms with E-state index >= 15 is 0 Å². The molecule has 0 aromatic carbocycles. The first-order chi connectivity index (χ1) is 6.72. The van der Waals surface area contributed by atoms with Gasteiger partial charge in [0.05, 0.1) is 10.7 Å². The van der Waals surface area contributed by atoms with Gasteiger partial charge in [0.2, 0.25) is 5.91 Å². The van der Waals surface area contributed by atoms with Crippen LogP contribution in [-0.2, 0) is 4.79 Å². The lowest BCUT2D eigenvalue weighted by molar-refractivity contribution is -0.116. The Kier molecular flexibility index (Phi) is 4.32. The quantitative estimate of drug-likeness (QED) is 0.772. The number of rotatable bonds is 4. The number of amides is 1. The molecule has 0 atom stereocenters. The van der Waals surface area contributed by atoms with Crippen LogP contribution in [0.25, 0.3) is 6.08 Å². The van der Waals surface area contributed by atoms with Gasteiger partial charge in [0.1, 0.15) is 0 Å². The van der Waals surface area contributed by atoms with Gasteiger partial charge in [-0.2, -0.15) is 0 Å². The molecular formula is C10H14N2OS. The number of hydrogen-bond donors (Lipinski definition) is 1. The van der Waals surface area contributed by atoms with Crippen LogP contribution >= 0.6 is 11.3 Å². The van der Waals surface area contributed by atoms with Gasteiger partial charge in [-0.25, -0.2) is 4.98 Å². The third-order valence-electron chi connectivity index (χ3n) is 1.59. The number of hydrogen-bond acceptors (Lipinski definition) is 3. The summed E-state index contributed by atoms with van der Waals surface area (Å²) >= 11 is 1.58. The van der Waals surface area contributed by atoms with E-state index in [1.165, 1.54) is 6.08 Å². The molecule has 1 aromatic heterocycles. The van der Waals surface area contributed by atoms with Crippen molar-refractivity contribution in [3.05, 3.63) is 22.2 Å². The number of nitrogens with one attached hydrogen (secondary N) is 1. The van der Waals surface area contributed by atoms with Crippen molar-refractivity contribution in [2.24, 2.45) is 0 Å². The van der Waals surface area contributed by atoms with Crippen molar-refractivity contribution in [1.29, 1.82) is 0 Å². The molecular weight excluding hydrogens is 196 g/mol. The highest BCUT2D eigenvalue weighted by molar-refractivity contribution is 7.09. The first-order valence-corrected chi connectivity index (χ1v) is 5.48. The number of nitrogens with zero attached hydrogens (tertiary/aromatic N) is 1. The molecule has 0 radical (unpaired) electrons. The topological polar surface area (TPSA) is 42.0 Å². The lowest BCUT2D eigenvalue weighted by atomic mass is 10.4. The van der Waals surface area contributed by atoms with E-state index in [9.17, 15) is 4.79 Å². The SMILES string of the molecule is CCCNC(=O)/C=C\c1csc(C)n1. The minimum Gasteiger partial charge on any atom is -0.353 e. The standard InChI is InChI=1S/C10H14N2OS/c1-3-6-11-10(13)5-4-9-7-14-8(2)12-9/h4-5,7H,3,6H2,1-2H3,(H,11,13)/b5-4-. The molecule has 0 spiro atoms. The summed E-state index contributed by atoms with van der Waals surface area (Å²) in [5.74, 6) is -0.0579. The van der Waals surface area contributed by atoms with Crippen LogP contribution in [0.3, 0.4) is 0 Å². The number of thiazole rings is 1. The van der Waals surface area contributed by atoms with E-state index in [2.05, 4.69) is 10.3 Å². The van der Waals surface area contributed by atoms with E-state index in [1.807, 2.05) is 19.2 Å². The van der Waals surface area contributed by atoms with Gasteiger partial charge in [-0.3, -0.25) is 4.79 Å². The lowest BCUT2D eigenvalue weighted by Gasteiger charge is -1.96. The van der Waals surface area contributed by atoms with Crippen molar-refractivity contribution >= 4 is 23.3 Å². The maximum absolute atomic E-state index is 11.2. The summed E-state index contributed by atoms with van der Waals surface area (Å²) < 4.78 is 0. The van der Waals surface area contributed by atoms with Crippen molar-refractivity contribution in [3.8, 4) is 0 Å². The summed E-state index contributed by atoms with van der Waals surface area (Å²) in [5, 5.41) is 5.70. The Labute approximate surface area is 87.9 Å². The number of aryl methyl sites for hydroxylation is 1. The van der Waals surface area contributed by atoms with Crippen molar-refractivity contribution in [2.75, 3.05) is 6.54 Å². The minimum atomic E-state index is -0.0579. The Bertz CT molecular complexity index is 331. The monoisotopic (exact) mass is 210 g/mol. The number of carbonyl (C=O) groups excluding carboxylic acids is 1. The smallest absolute Gasteiger partial charge is 0.244 e. The molecule has 1 amide bonds. The fourth-order valence-corrected chi connectivity index (χ4v) is 1.51. The van der Waals surface area contributed by atoms with Gasteiger partial charge in [0.25, 0.3) is 0 Å². The van der Waals surface area contributed by atoms with Gasteiger partial charge in [-0.05, 0) is 19.4 Å². The molecule has 0 saturated carbocycles. The highest BCUT2D eigenvalue weighted by Crippen LogP contribution is 2.08. The summed E-state index contributed by atoms with van der Waals surface area (Å²) in [4.78, 5) is 15.4. The molecule has 14 heavy (non-hydrogen) atoms. The molecule has 76 valence electrons. The lowest BCUT2D eigenvalue weighted by Crippen LogP contribution is -2.21. The molecule has 0 saturated heterocycles. The Hall–Kier alpha value is -1.16. The Morgan fingerprint density at radius 1 is 1.71 bits per heavy atom.